The van der Waals surface area contributed by atoms with Crippen LogP contribution in [0.2, 0.25) is 0 Å². The van der Waals surface area contributed by atoms with Crippen LogP contribution in [0.3, 0.4) is 0 Å². The van der Waals surface area contributed by atoms with Gasteiger partial charge in [-0.05, 0) is 62.7 Å². The number of hydrogen-bond acceptors (Lipinski definition) is 7. The topological polar surface area (TPSA) is 53.1 Å². The molecule has 0 N–H and O–H groups in total. The lowest BCUT2D eigenvalue weighted by Gasteiger charge is -2.47. The van der Waals surface area contributed by atoms with Crippen molar-refractivity contribution < 1.29 is 18.9 Å². The van der Waals surface area contributed by atoms with Crippen LogP contribution >= 0.6 is 11.8 Å². The monoisotopic (exact) mass is 480 g/mol. The Kier molecular flexibility index (Phi) is 7.13. The molecule has 7 heteroatoms. The van der Waals surface area contributed by atoms with E-state index in [4.69, 9.17) is 18.9 Å². The van der Waals surface area contributed by atoms with Gasteiger partial charge in [-0.15, -0.1) is 0 Å². The molecule has 0 atom stereocenters. The zero-order valence-electron chi connectivity index (χ0n) is 19.9. The van der Waals surface area contributed by atoms with Crippen LogP contribution in [-0.2, 0) is 4.74 Å². The highest BCUT2D eigenvalue weighted by Gasteiger charge is 2.40. The van der Waals surface area contributed by atoms with Gasteiger partial charge in [0.15, 0.2) is 11.5 Å². The summed E-state index contributed by atoms with van der Waals surface area (Å²) in [5.74, 6) is 2.32. The fraction of sp³-hybridized carbons (Fsp3) is 0.444. The normalized spacial score (nSPS) is 17.5. The molecule has 0 amide bonds. The Morgan fingerprint density at radius 2 is 1.88 bits per heavy atom. The Morgan fingerprint density at radius 3 is 2.62 bits per heavy atom. The Morgan fingerprint density at radius 1 is 1.03 bits per heavy atom. The molecule has 2 aliphatic heterocycles. The number of rotatable bonds is 9. The summed E-state index contributed by atoms with van der Waals surface area (Å²) in [6.07, 6.45) is 5.35. The lowest BCUT2D eigenvalue weighted by atomic mass is 9.77. The second-order valence-corrected chi connectivity index (χ2v) is 10.3. The molecule has 180 valence electrons. The van der Waals surface area contributed by atoms with E-state index in [1.54, 1.807) is 26.0 Å². The molecule has 6 nitrogen and oxygen atoms in total. The van der Waals surface area contributed by atoms with E-state index < -0.39 is 0 Å². The van der Waals surface area contributed by atoms with Crippen molar-refractivity contribution >= 4 is 22.7 Å². The zero-order chi connectivity index (χ0) is 23.4. The summed E-state index contributed by atoms with van der Waals surface area (Å²) < 4.78 is 22.6. The van der Waals surface area contributed by atoms with Crippen molar-refractivity contribution in [2.75, 3.05) is 53.7 Å². The third-order valence-electron chi connectivity index (χ3n) is 6.87. The minimum Gasteiger partial charge on any atom is -0.497 e. The van der Waals surface area contributed by atoms with Crippen molar-refractivity contribution in [3.05, 3.63) is 48.7 Å². The standard InChI is InChI=1S/C27H32N2O4S/c1-30-20-5-3-6-21(15-20)34-26-7-10-28-23-17-25(24(31-2)16-22(23)26)33-14-4-11-29-12-8-27(9-13-29)18-32-19-27/h3,5-7,10,15-17H,4,8-9,11-14,18-19H2,1-2H3. The number of fused-ring (bicyclic) bond motifs is 1. The molecule has 2 aromatic carbocycles. The molecular formula is C27H32N2O4S. The number of pyridine rings is 1. The lowest BCUT2D eigenvalue weighted by Crippen LogP contribution is -2.51. The molecule has 1 aromatic heterocycles. The maximum atomic E-state index is 6.15. The van der Waals surface area contributed by atoms with Gasteiger partial charge in [-0.1, -0.05) is 17.8 Å². The smallest absolute Gasteiger partial charge is 0.163 e. The van der Waals surface area contributed by atoms with Crippen molar-refractivity contribution in [2.24, 2.45) is 5.41 Å². The van der Waals surface area contributed by atoms with Gasteiger partial charge in [0.05, 0.1) is 39.6 Å². The fourth-order valence-electron chi connectivity index (χ4n) is 4.68. The maximum Gasteiger partial charge on any atom is 0.163 e. The fourth-order valence-corrected chi connectivity index (χ4v) is 5.66. The summed E-state index contributed by atoms with van der Waals surface area (Å²) in [5.41, 5.74) is 1.38. The van der Waals surface area contributed by atoms with Gasteiger partial charge in [0, 0.05) is 39.4 Å². The zero-order valence-corrected chi connectivity index (χ0v) is 20.7. The van der Waals surface area contributed by atoms with Crippen LogP contribution in [-0.4, -0.2) is 63.6 Å². The second-order valence-electron chi connectivity index (χ2n) is 9.15. The average Bonchev–Trinajstić information content (AvgIpc) is 2.86. The van der Waals surface area contributed by atoms with Crippen molar-refractivity contribution in [1.82, 2.24) is 9.88 Å². The third-order valence-corrected chi connectivity index (χ3v) is 7.93. The first-order valence-electron chi connectivity index (χ1n) is 11.9. The van der Waals surface area contributed by atoms with Crippen LogP contribution < -0.4 is 14.2 Å². The summed E-state index contributed by atoms with van der Waals surface area (Å²) in [5, 5.41) is 1.04. The van der Waals surface area contributed by atoms with Gasteiger partial charge in [0.2, 0.25) is 0 Å². The molecule has 2 saturated heterocycles. The highest BCUT2D eigenvalue weighted by Crippen LogP contribution is 2.40. The summed E-state index contributed by atoms with van der Waals surface area (Å²) in [7, 11) is 3.37. The number of nitrogens with zero attached hydrogens (tertiary/aromatic N) is 2. The third kappa shape index (κ3) is 5.11. The maximum absolute atomic E-state index is 6.15. The van der Waals surface area contributed by atoms with Crippen molar-refractivity contribution in [3.8, 4) is 17.2 Å². The predicted octanol–water partition coefficient (Wildman–Crippen LogP) is 5.28. The molecule has 3 aromatic rings. The number of piperidine rings is 1. The van der Waals surface area contributed by atoms with E-state index in [1.807, 2.05) is 42.6 Å². The van der Waals surface area contributed by atoms with Crippen molar-refractivity contribution in [3.63, 3.8) is 0 Å². The summed E-state index contributed by atoms with van der Waals surface area (Å²) in [6.45, 7) is 5.97. The van der Waals surface area contributed by atoms with E-state index in [0.717, 1.165) is 64.1 Å². The van der Waals surface area contributed by atoms with Crippen LogP contribution in [0.4, 0.5) is 0 Å². The number of hydrogen-bond donors (Lipinski definition) is 0. The van der Waals surface area contributed by atoms with Crippen LogP contribution in [0, 0.1) is 5.41 Å². The number of benzene rings is 2. The minimum atomic E-state index is 0.488. The van der Waals surface area contributed by atoms with Crippen LogP contribution in [0.5, 0.6) is 17.2 Å². The quantitative estimate of drug-likeness (QED) is 0.386. The molecule has 0 bridgehead atoms. The molecule has 0 saturated carbocycles. The second kappa shape index (κ2) is 10.4. The number of methoxy groups -OCH3 is 2. The van der Waals surface area contributed by atoms with Gasteiger partial charge in [0.1, 0.15) is 5.75 Å². The lowest BCUT2D eigenvalue weighted by molar-refractivity contribution is -0.139. The molecule has 34 heavy (non-hydrogen) atoms. The van der Waals surface area contributed by atoms with Gasteiger partial charge in [-0.3, -0.25) is 4.98 Å². The summed E-state index contributed by atoms with van der Waals surface area (Å²) in [4.78, 5) is 9.36. The number of likely N-dealkylation sites (tertiary alicyclic amines) is 1. The van der Waals surface area contributed by atoms with Crippen molar-refractivity contribution in [2.45, 2.75) is 29.1 Å². The van der Waals surface area contributed by atoms with Gasteiger partial charge in [-0.2, -0.15) is 0 Å². The van der Waals surface area contributed by atoms with Crippen molar-refractivity contribution in [1.29, 1.82) is 0 Å². The first kappa shape index (κ1) is 23.3. The molecule has 0 aliphatic carbocycles. The van der Waals surface area contributed by atoms with Crippen LogP contribution in [0.1, 0.15) is 19.3 Å². The summed E-state index contributed by atoms with van der Waals surface area (Å²) >= 11 is 1.68. The Balaban J connectivity index is 1.22. The van der Waals surface area contributed by atoms with E-state index >= 15 is 0 Å². The number of ether oxygens (including phenoxy) is 4. The Labute approximate surface area is 205 Å². The molecular weight excluding hydrogens is 448 g/mol. The largest absolute Gasteiger partial charge is 0.497 e. The summed E-state index contributed by atoms with van der Waals surface area (Å²) in [6, 6.07) is 14.1. The molecule has 2 aliphatic rings. The SMILES string of the molecule is COc1cccc(Sc2ccnc3cc(OCCCN4CCC5(CC4)COC5)c(OC)cc23)c1. The van der Waals surface area contributed by atoms with E-state index in [-0.39, 0.29) is 0 Å². The molecule has 1 spiro atoms. The van der Waals surface area contributed by atoms with Crippen LogP contribution in [0.25, 0.3) is 10.9 Å². The Bertz CT molecular complexity index is 1120. The predicted molar refractivity (Wildman–Crippen MR) is 134 cm³/mol. The Hall–Kier alpha value is -2.48. The van der Waals surface area contributed by atoms with Gasteiger partial charge >= 0.3 is 0 Å². The van der Waals surface area contributed by atoms with Crippen LogP contribution in [0.15, 0.2) is 58.5 Å². The van der Waals surface area contributed by atoms with E-state index in [9.17, 15) is 0 Å². The molecule has 2 fully saturated rings. The highest BCUT2D eigenvalue weighted by atomic mass is 32.2. The van der Waals surface area contributed by atoms with E-state index in [0.29, 0.717) is 12.0 Å². The van der Waals surface area contributed by atoms with E-state index in [1.165, 1.54) is 25.9 Å². The highest BCUT2D eigenvalue weighted by molar-refractivity contribution is 7.99. The van der Waals surface area contributed by atoms with Gasteiger partial charge in [0.25, 0.3) is 0 Å². The minimum absolute atomic E-state index is 0.488. The molecule has 5 rings (SSSR count). The average molecular weight is 481 g/mol. The van der Waals surface area contributed by atoms with Gasteiger partial charge < -0.3 is 23.8 Å². The number of aromatic nitrogens is 1. The molecule has 0 radical (unpaired) electrons. The van der Waals surface area contributed by atoms with Gasteiger partial charge in [-0.25, -0.2) is 0 Å². The first-order chi connectivity index (χ1) is 16.7. The molecule has 3 heterocycles. The van der Waals surface area contributed by atoms with E-state index in [2.05, 4.69) is 16.0 Å². The molecule has 0 unspecified atom stereocenters. The first-order valence-corrected chi connectivity index (χ1v) is 12.7.